The number of aliphatic carboxylic acids is 1. The number of carboxylic acid groups (broad SMARTS) is 1. The zero-order chi connectivity index (χ0) is 15.3. The Balaban J connectivity index is 2.93. The van der Waals surface area contributed by atoms with E-state index in [1.165, 1.54) is 6.07 Å². The van der Waals surface area contributed by atoms with Crippen molar-refractivity contribution in [2.24, 2.45) is 5.73 Å². The Morgan fingerprint density at radius 2 is 2.00 bits per heavy atom. The molecule has 0 fully saturated rings. The number of benzene rings is 1. The van der Waals surface area contributed by atoms with Crippen LogP contribution < -0.4 is 5.73 Å². The maximum atomic E-state index is 11.9. The summed E-state index contributed by atoms with van der Waals surface area (Å²) in [4.78, 5) is 22.7. The van der Waals surface area contributed by atoms with E-state index in [1.807, 2.05) is 0 Å². The van der Waals surface area contributed by atoms with E-state index < -0.39 is 18.1 Å². The van der Waals surface area contributed by atoms with E-state index in [9.17, 15) is 9.59 Å². The number of hydrogen-bond donors (Lipinski definition) is 5. The zero-order valence-corrected chi connectivity index (χ0v) is 11.4. The first-order valence-electron chi connectivity index (χ1n) is 5.76. The molecule has 0 saturated carbocycles. The Kier molecular flexibility index (Phi) is 6.11. The van der Waals surface area contributed by atoms with E-state index in [1.54, 1.807) is 18.2 Å². The van der Waals surface area contributed by atoms with Gasteiger partial charge in [-0.15, -0.1) is 0 Å². The van der Waals surface area contributed by atoms with Gasteiger partial charge in [0.25, 0.3) is 0 Å². The summed E-state index contributed by atoms with van der Waals surface area (Å²) in [6, 6.07) is 3.94. The third kappa shape index (κ3) is 4.29. The summed E-state index contributed by atoms with van der Waals surface area (Å²) in [7, 11) is 0. The number of hydrogen-bond acceptors (Lipinski definition) is 7. The smallest absolute Gasteiger partial charge is 0.326 e. The normalized spacial score (nSPS) is 14.1. The van der Waals surface area contributed by atoms with Gasteiger partial charge in [-0.1, -0.05) is 23.4 Å². The molecule has 1 aromatic rings. The summed E-state index contributed by atoms with van der Waals surface area (Å²) in [5, 5.41) is 26.2. The van der Waals surface area contributed by atoms with Gasteiger partial charge in [0.15, 0.2) is 11.8 Å². The van der Waals surface area contributed by atoms with Crippen molar-refractivity contribution in [1.29, 1.82) is 0 Å². The van der Waals surface area contributed by atoms with Gasteiger partial charge in [0.2, 0.25) is 0 Å². The van der Waals surface area contributed by atoms with Crippen LogP contribution in [0.5, 0.6) is 0 Å². The highest BCUT2D eigenvalue weighted by Crippen LogP contribution is 2.12. The summed E-state index contributed by atoms with van der Waals surface area (Å²) in [5.41, 5.74) is 6.39. The van der Waals surface area contributed by atoms with Crippen LogP contribution in [-0.2, 0) is 11.2 Å². The molecular formula is C12H16N2O5S. The molecule has 2 atom stereocenters. The first-order chi connectivity index (χ1) is 9.36. The van der Waals surface area contributed by atoms with Crippen molar-refractivity contribution >= 4 is 24.4 Å². The minimum atomic E-state index is -1.51. The number of carbonyl (C=O) groups is 2. The topological polar surface area (TPSA) is 124 Å². The number of nitrogens with two attached hydrogens (primary N) is 1. The number of thiol groups is 1. The van der Waals surface area contributed by atoms with E-state index in [0.717, 1.165) is 0 Å². The second-order valence-corrected chi connectivity index (χ2v) is 4.60. The number of rotatable bonds is 7. The van der Waals surface area contributed by atoms with Crippen molar-refractivity contribution < 1.29 is 25.1 Å². The van der Waals surface area contributed by atoms with Crippen LogP contribution in [0.3, 0.4) is 0 Å². The van der Waals surface area contributed by atoms with Gasteiger partial charge in [-0.2, -0.15) is 12.6 Å². The fourth-order valence-corrected chi connectivity index (χ4v) is 1.81. The molecule has 0 aliphatic carbocycles. The van der Waals surface area contributed by atoms with Crippen molar-refractivity contribution in [1.82, 2.24) is 5.23 Å². The number of nitrogens with zero attached hydrogens (tertiary/aromatic N) is 1. The summed E-state index contributed by atoms with van der Waals surface area (Å²) in [5.74, 6) is -1.50. The van der Waals surface area contributed by atoms with Crippen LogP contribution >= 0.6 is 12.6 Å². The molecule has 0 amide bonds. The predicted molar refractivity (Wildman–Crippen MR) is 73.1 cm³/mol. The fraction of sp³-hybridized carbons (Fsp3) is 0.333. The summed E-state index contributed by atoms with van der Waals surface area (Å²) in [6.07, 6.45) is -0.167. The van der Waals surface area contributed by atoms with Crippen LogP contribution in [0.1, 0.15) is 15.9 Å². The van der Waals surface area contributed by atoms with Gasteiger partial charge < -0.3 is 10.8 Å². The van der Waals surface area contributed by atoms with Gasteiger partial charge in [0.1, 0.15) is 0 Å². The second kappa shape index (κ2) is 7.36. The molecule has 1 aromatic carbocycles. The monoisotopic (exact) mass is 300 g/mol. The molecule has 2 unspecified atom stereocenters. The lowest BCUT2D eigenvalue weighted by atomic mass is 9.99. The molecule has 7 nitrogen and oxygen atoms in total. The molecule has 0 aromatic heterocycles. The Bertz CT molecular complexity index is 494. The molecule has 8 heteroatoms. The number of Topliss-reactive ketones (excluding diaryl/α,β-unsaturated/α-hetero) is 1. The van der Waals surface area contributed by atoms with Crippen molar-refractivity contribution in [2.45, 2.75) is 18.5 Å². The largest absolute Gasteiger partial charge is 0.480 e. The number of carbonyl (C=O) groups excluding carboxylic acids is 1. The number of carboxylic acids is 1. The highest BCUT2D eigenvalue weighted by atomic mass is 32.1. The molecule has 0 aliphatic heterocycles. The van der Waals surface area contributed by atoms with E-state index in [0.29, 0.717) is 11.1 Å². The second-order valence-electron chi connectivity index (χ2n) is 4.23. The molecule has 110 valence electrons. The van der Waals surface area contributed by atoms with Crippen molar-refractivity contribution in [3.8, 4) is 0 Å². The van der Waals surface area contributed by atoms with Crippen LogP contribution in [-0.4, -0.2) is 50.3 Å². The third-order valence-corrected chi connectivity index (χ3v) is 3.13. The highest BCUT2D eigenvalue weighted by molar-refractivity contribution is 7.80. The molecule has 1 rings (SSSR count). The van der Waals surface area contributed by atoms with Crippen molar-refractivity contribution in [3.63, 3.8) is 0 Å². The van der Waals surface area contributed by atoms with Gasteiger partial charge in [-0.25, -0.2) is 0 Å². The van der Waals surface area contributed by atoms with Crippen LogP contribution in [0.4, 0.5) is 0 Å². The maximum Gasteiger partial charge on any atom is 0.326 e. The first kappa shape index (κ1) is 16.6. The molecule has 0 heterocycles. The van der Waals surface area contributed by atoms with Crippen LogP contribution in [0.2, 0.25) is 0 Å². The quantitative estimate of drug-likeness (QED) is 0.277. The Labute approximate surface area is 120 Å². The summed E-state index contributed by atoms with van der Waals surface area (Å²) < 4.78 is 0. The molecule has 0 bridgehead atoms. The van der Waals surface area contributed by atoms with Crippen LogP contribution in [0.15, 0.2) is 24.3 Å². The molecule has 20 heavy (non-hydrogen) atoms. The molecule has 0 aliphatic rings. The van der Waals surface area contributed by atoms with Crippen molar-refractivity contribution in [2.75, 3.05) is 5.75 Å². The van der Waals surface area contributed by atoms with Gasteiger partial charge >= 0.3 is 5.97 Å². The lowest BCUT2D eigenvalue weighted by Crippen LogP contribution is -2.38. The molecule has 0 saturated heterocycles. The van der Waals surface area contributed by atoms with Gasteiger partial charge in [0.05, 0.1) is 6.04 Å². The minimum absolute atomic E-state index is 0.167. The SMILES string of the molecule is NC(CS)C(=O)c1cccc(CC(C(=O)O)N(O)O)c1. The highest BCUT2D eigenvalue weighted by Gasteiger charge is 2.24. The molecule has 5 N–H and O–H groups in total. The van der Waals surface area contributed by atoms with Crippen LogP contribution in [0, 0.1) is 0 Å². The molecule has 0 spiro atoms. The Morgan fingerprint density at radius 3 is 2.50 bits per heavy atom. The van der Waals surface area contributed by atoms with Gasteiger partial charge in [0, 0.05) is 17.7 Å². The lowest BCUT2D eigenvalue weighted by Gasteiger charge is -2.16. The standard InChI is InChI=1S/C12H16N2O5S/c13-9(6-20)11(15)8-3-1-2-7(4-8)5-10(12(16)17)14(18)19/h1-4,9-10,18-20H,5-6,13H2,(H,16,17). The minimum Gasteiger partial charge on any atom is -0.480 e. The Morgan fingerprint density at radius 1 is 1.35 bits per heavy atom. The van der Waals surface area contributed by atoms with E-state index in [4.69, 9.17) is 21.3 Å². The Hall–Kier alpha value is -1.45. The fourth-order valence-electron chi connectivity index (χ4n) is 1.64. The summed E-state index contributed by atoms with van der Waals surface area (Å²) >= 11 is 3.94. The average molecular weight is 300 g/mol. The van der Waals surface area contributed by atoms with E-state index in [-0.39, 0.29) is 23.2 Å². The lowest BCUT2D eigenvalue weighted by molar-refractivity contribution is -0.327. The predicted octanol–water partition coefficient (Wildman–Crippen LogP) is 0.202. The van der Waals surface area contributed by atoms with Crippen LogP contribution in [0.25, 0.3) is 0 Å². The number of ketones is 1. The van der Waals surface area contributed by atoms with Gasteiger partial charge in [-0.3, -0.25) is 20.0 Å². The van der Waals surface area contributed by atoms with Crippen molar-refractivity contribution in [3.05, 3.63) is 35.4 Å². The summed E-state index contributed by atoms with van der Waals surface area (Å²) in [6.45, 7) is 0. The first-order valence-corrected chi connectivity index (χ1v) is 6.39. The molecule has 0 radical (unpaired) electrons. The van der Waals surface area contributed by atoms with E-state index in [2.05, 4.69) is 12.6 Å². The zero-order valence-electron chi connectivity index (χ0n) is 10.5. The number of hydroxylamine groups is 2. The molecular weight excluding hydrogens is 284 g/mol. The van der Waals surface area contributed by atoms with E-state index >= 15 is 0 Å². The van der Waals surface area contributed by atoms with Gasteiger partial charge in [-0.05, 0) is 11.6 Å². The maximum absolute atomic E-state index is 11.9. The average Bonchev–Trinajstić information content (AvgIpc) is 2.42. The third-order valence-electron chi connectivity index (χ3n) is 2.74.